The molecule has 0 radical (unpaired) electrons. The van der Waals surface area contributed by atoms with Crippen LogP contribution in [0.1, 0.15) is 18.4 Å². The molecule has 0 bridgehead atoms. The Morgan fingerprint density at radius 2 is 2.12 bits per heavy atom. The number of aliphatic imine (C=N–C) groups is 1. The summed E-state index contributed by atoms with van der Waals surface area (Å²) in [5.74, 6) is 1.08. The van der Waals surface area contributed by atoms with Gasteiger partial charge in [-0.05, 0) is 30.5 Å². The Labute approximate surface area is 160 Å². The second kappa shape index (κ2) is 12.4. The maximum atomic E-state index is 12.8. The summed E-state index contributed by atoms with van der Waals surface area (Å²) in [6, 6.07) is 6.44. The van der Waals surface area contributed by atoms with Crippen molar-refractivity contribution in [2.24, 2.45) is 10.9 Å². The van der Waals surface area contributed by atoms with Crippen LogP contribution in [-0.2, 0) is 16.0 Å². The van der Waals surface area contributed by atoms with Gasteiger partial charge in [0.25, 0.3) is 0 Å². The van der Waals surface area contributed by atoms with E-state index in [1.165, 1.54) is 12.1 Å². The molecule has 7 heteroatoms. The van der Waals surface area contributed by atoms with Crippen LogP contribution in [-0.4, -0.2) is 46.0 Å². The summed E-state index contributed by atoms with van der Waals surface area (Å²) in [5, 5.41) is 6.44. The molecule has 0 amide bonds. The van der Waals surface area contributed by atoms with E-state index in [1.54, 1.807) is 19.2 Å². The smallest absolute Gasteiger partial charge is 0.191 e. The zero-order valence-corrected chi connectivity index (χ0v) is 16.4. The summed E-state index contributed by atoms with van der Waals surface area (Å²) in [7, 11) is 1.73. The molecule has 0 aromatic heterocycles. The first kappa shape index (κ1) is 21.1. The van der Waals surface area contributed by atoms with Gasteiger partial charge in [-0.1, -0.05) is 12.1 Å². The molecule has 1 fully saturated rings. The van der Waals surface area contributed by atoms with Crippen molar-refractivity contribution in [2.75, 3.05) is 40.0 Å². The van der Waals surface area contributed by atoms with Crippen LogP contribution < -0.4 is 10.6 Å². The van der Waals surface area contributed by atoms with E-state index in [9.17, 15) is 4.39 Å². The predicted molar refractivity (Wildman–Crippen MR) is 104 cm³/mol. The molecule has 0 saturated carbocycles. The molecule has 2 N–H and O–H groups in total. The second-order valence-corrected chi connectivity index (χ2v) is 5.64. The lowest BCUT2D eigenvalue weighted by Crippen LogP contribution is -2.37. The molecule has 1 aromatic carbocycles. The SMILES string of the molecule is CN=C(NCCCOCC1CCOC1)NCc1ccc(F)cc1.I. The van der Waals surface area contributed by atoms with Crippen LogP contribution >= 0.6 is 24.0 Å². The van der Waals surface area contributed by atoms with Crippen molar-refractivity contribution >= 4 is 29.9 Å². The number of hydrogen-bond donors (Lipinski definition) is 2. The van der Waals surface area contributed by atoms with Gasteiger partial charge in [0.1, 0.15) is 5.82 Å². The Balaban J connectivity index is 0.00000288. The molecule has 0 aliphatic carbocycles. The number of rotatable bonds is 8. The number of halogens is 2. The topological polar surface area (TPSA) is 54.9 Å². The van der Waals surface area contributed by atoms with Crippen LogP contribution in [0.25, 0.3) is 0 Å². The summed E-state index contributed by atoms with van der Waals surface area (Å²) in [4.78, 5) is 4.16. The Morgan fingerprint density at radius 1 is 1.33 bits per heavy atom. The van der Waals surface area contributed by atoms with E-state index in [0.717, 1.165) is 57.3 Å². The monoisotopic (exact) mass is 451 g/mol. The molecule has 1 aliphatic heterocycles. The maximum Gasteiger partial charge on any atom is 0.191 e. The van der Waals surface area contributed by atoms with E-state index in [1.807, 2.05) is 0 Å². The van der Waals surface area contributed by atoms with Gasteiger partial charge in [0.2, 0.25) is 0 Å². The Kier molecular flexibility index (Phi) is 10.9. The maximum absolute atomic E-state index is 12.8. The number of hydrogen-bond acceptors (Lipinski definition) is 3. The summed E-state index contributed by atoms with van der Waals surface area (Å²) in [6.07, 6.45) is 2.03. The molecule has 1 atom stereocenters. The van der Waals surface area contributed by atoms with Crippen LogP contribution in [0, 0.1) is 11.7 Å². The summed E-state index contributed by atoms with van der Waals surface area (Å²) >= 11 is 0. The van der Waals surface area contributed by atoms with E-state index in [-0.39, 0.29) is 29.8 Å². The molecule has 2 rings (SSSR count). The number of ether oxygens (including phenoxy) is 2. The Morgan fingerprint density at radius 3 is 2.79 bits per heavy atom. The second-order valence-electron chi connectivity index (χ2n) is 5.64. The summed E-state index contributed by atoms with van der Waals surface area (Å²) < 4.78 is 23.8. The molecule has 0 spiro atoms. The van der Waals surface area contributed by atoms with E-state index < -0.39 is 0 Å². The fourth-order valence-corrected chi connectivity index (χ4v) is 2.35. The molecule has 1 aliphatic rings. The molecular formula is C17H27FIN3O2. The fourth-order valence-electron chi connectivity index (χ4n) is 2.35. The van der Waals surface area contributed by atoms with E-state index in [2.05, 4.69) is 15.6 Å². The van der Waals surface area contributed by atoms with Crippen LogP contribution in [0.3, 0.4) is 0 Å². The average molecular weight is 451 g/mol. The number of benzene rings is 1. The minimum absolute atomic E-state index is 0. The molecule has 5 nitrogen and oxygen atoms in total. The van der Waals surface area contributed by atoms with Gasteiger partial charge in [0, 0.05) is 39.3 Å². The van der Waals surface area contributed by atoms with Gasteiger partial charge in [0.05, 0.1) is 13.2 Å². The lowest BCUT2D eigenvalue weighted by molar-refractivity contribution is 0.0888. The molecule has 1 aromatic rings. The zero-order valence-electron chi connectivity index (χ0n) is 14.1. The van der Waals surface area contributed by atoms with Crippen molar-refractivity contribution in [3.8, 4) is 0 Å². The highest BCUT2D eigenvalue weighted by Crippen LogP contribution is 2.12. The molecule has 1 unspecified atom stereocenters. The van der Waals surface area contributed by atoms with Gasteiger partial charge in [0.15, 0.2) is 5.96 Å². The van der Waals surface area contributed by atoms with E-state index in [0.29, 0.717) is 12.5 Å². The van der Waals surface area contributed by atoms with Crippen molar-refractivity contribution < 1.29 is 13.9 Å². The van der Waals surface area contributed by atoms with Crippen molar-refractivity contribution in [1.82, 2.24) is 10.6 Å². The van der Waals surface area contributed by atoms with Gasteiger partial charge in [-0.15, -0.1) is 24.0 Å². The molecular weight excluding hydrogens is 424 g/mol. The normalized spacial score (nSPS) is 17.4. The summed E-state index contributed by atoms with van der Waals surface area (Å²) in [5.41, 5.74) is 1.01. The Hall–Kier alpha value is -0.930. The quantitative estimate of drug-likeness (QED) is 0.276. The first-order valence-corrected chi connectivity index (χ1v) is 8.12. The number of nitrogens with one attached hydrogen (secondary N) is 2. The highest BCUT2D eigenvalue weighted by molar-refractivity contribution is 14.0. The zero-order chi connectivity index (χ0) is 16.3. The van der Waals surface area contributed by atoms with E-state index in [4.69, 9.17) is 9.47 Å². The van der Waals surface area contributed by atoms with Gasteiger partial charge in [-0.3, -0.25) is 4.99 Å². The minimum atomic E-state index is -0.222. The van der Waals surface area contributed by atoms with Crippen molar-refractivity contribution in [3.63, 3.8) is 0 Å². The minimum Gasteiger partial charge on any atom is -0.381 e. The third-order valence-electron chi connectivity index (χ3n) is 3.73. The van der Waals surface area contributed by atoms with Crippen molar-refractivity contribution in [1.29, 1.82) is 0 Å². The molecule has 1 saturated heterocycles. The standard InChI is InChI=1S/C17H26FN3O2.HI/c1-19-17(21-11-14-3-5-16(18)6-4-14)20-8-2-9-22-12-15-7-10-23-13-15;/h3-6,15H,2,7-13H2,1H3,(H2,19,20,21);1H. The molecule has 24 heavy (non-hydrogen) atoms. The van der Waals surface area contributed by atoms with Crippen LogP contribution in [0.4, 0.5) is 4.39 Å². The number of guanidine groups is 1. The van der Waals surface area contributed by atoms with Gasteiger partial charge >= 0.3 is 0 Å². The highest BCUT2D eigenvalue weighted by Gasteiger charge is 2.15. The van der Waals surface area contributed by atoms with Crippen LogP contribution in [0.2, 0.25) is 0 Å². The van der Waals surface area contributed by atoms with Gasteiger partial charge in [-0.25, -0.2) is 4.39 Å². The van der Waals surface area contributed by atoms with Crippen LogP contribution in [0.5, 0.6) is 0 Å². The van der Waals surface area contributed by atoms with Gasteiger partial charge < -0.3 is 20.1 Å². The largest absolute Gasteiger partial charge is 0.381 e. The first-order chi connectivity index (χ1) is 11.3. The predicted octanol–water partition coefficient (Wildman–Crippen LogP) is 2.55. The third kappa shape index (κ3) is 8.25. The van der Waals surface area contributed by atoms with E-state index >= 15 is 0 Å². The average Bonchev–Trinajstić information content (AvgIpc) is 3.08. The highest BCUT2D eigenvalue weighted by atomic mass is 127. The van der Waals surface area contributed by atoms with Crippen LogP contribution in [0.15, 0.2) is 29.3 Å². The van der Waals surface area contributed by atoms with Crippen molar-refractivity contribution in [2.45, 2.75) is 19.4 Å². The van der Waals surface area contributed by atoms with Gasteiger partial charge in [-0.2, -0.15) is 0 Å². The lowest BCUT2D eigenvalue weighted by Gasteiger charge is -2.12. The summed E-state index contributed by atoms with van der Waals surface area (Å²) in [6.45, 7) is 4.63. The third-order valence-corrected chi connectivity index (χ3v) is 3.73. The molecule has 136 valence electrons. The lowest BCUT2D eigenvalue weighted by atomic mass is 10.1. The Bertz CT molecular complexity index is 479. The fraction of sp³-hybridized carbons (Fsp3) is 0.588. The molecule has 1 heterocycles. The van der Waals surface area contributed by atoms with Crippen molar-refractivity contribution in [3.05, 3.63) is 35.6 Å². The number of nitrogens with zero attached hydrogens (tertiary/aromatic N) is 1. The first-order valence-electron chi connectivity index (χ1n) is 8.12.